The summed E-state index contributed by atoms with van der Waals surface area (Å²) in [5.74, 6) is -1.11. The number of aromatic nitrogens is 1. The van der Waals surface area contributed by atoms with Crippen LogP contribution < -0.4 is 5.32 Å². The van der Waals surface area contributed by atoms with Gasteiger partial charge in [0, 0.05) is 36.6 Å². The van der Waals surface area contributed by atoms with E-state index in [9.17, 15) is 19.5 Å². The molecule has 1 saturated heterocycles. The van der Waals surface area contributed by atoms with Gasteiger partial charge >= 0.3 is 0 Å². The van der Waals surface area contributed by atoms with Crippen molar-refractivity contribution in [1.82, 2.24) is 20.1 Å². The van der Waals surface area contributed by atoms with Crippen molar-refractivity contribution in [3.63, 3.8) is 0 Å². The third-order valence-electron chi connectivity index (χ3n) is 7.42. The number of amides is 3. The Kier molecular flexibility index (Phi) is 7.75. The number of likely N-dealkylation sites (tertiary alicyclic amines) is 1. The topological polar surface area (TPSA) is 103 Å². The number of benzene rings is 2. The minimum Gasteiger partial charge on any atom is -0.391 e. The van der Waals surface area contributed by atoms with Crippen LogP contribution in [0.1, 0.15) is 47.4 Å². The Bertz CT molecular complexity index is 1410. The van der Waals surface area contributed by atoms with Crippen molar-refractivity contribution in [2.45, 2.75) is 58.5 Å². The molecular weight excluding hydrogens is 536 g/mol. The average Bonchev–Trinajstić information content (AvgIpc) is 3.60. The zero-order chi connectivity index (χ0) is 27.8. The minimum atomic E-state index is -0.817. The van der Waals surface area contributed by atoms with Crippen molar-refractivity contribution in [3.8, 4) is 10.4 Å². The lowest BCUT2D eigenvalue weighted by atomic mass is 10.0. The summed E-state index contributed by atoms with van der Waals surface area (Å²) in [5.41, 5.74) is 6.10. The van der Waals surface area contributed by atoms with E-state index in [1.165, 1.54) is 4.90 Å². The number of aliphatic hydroxyl groups is 1. The van der Waals surface area contributed by atoms with E-state index < -0.39 is 18.2 Å². The van der Waals surface area contributed by atoms with E-state index in [0.717, 1.165) is 27.3 Å². The summed E-state index contributed by atoms with van der Waals surface area (Å²) >= 11 is 7.69. The van der Waals surface area contributed by atoms with Crippen LogP contribution in [0.15, 0.2) is 48.0 Å². The van der Waals surface area contributed by atoms with Gasteiger partial charge in [0.25, 0.3) is 5.91 Å². The average molecular weight is 567 g/mol. The molecule has 0 radical (unpaired) electrons. The van der Waals surface area contributed by atoms with Crippen LogP contribution in [0, 0.1) is 12.8 Å². The smallest absolute Gasteiger partial charge is 0.255 e. The van der Waals surface area contributed by atoms with Gasteiger partial charge in [-0.3, -0.25) is 14.4 Å². The molecule has 1 aromatic heterocycles. The van der Waals surface area contributed by atoms with Gasteiger partial charge in [-0.05, 0) is 41.7 Å². The van der Waals surface area contributed by atoms with Crippen molar-refractivity contribution in [2.24, 2.45) is 5.92 Å². The number of nitrogens with one attached hydrogen (secondary N) is 1. The summed E-state index contributed by atoms with van der Waals surface area (Å²) in [7, 11) is 0. The minimum absolute atomic E-state index is 0.0455. The molecule has 204 valence electrons. The van der Waals surface area contributed by atoms with E-state index in [2.05, 4.69) is 10.3 Å². The van der Waals surface area contributed by atoms with E-state index in [-0.39, 0.29) is 36.6 Å². The van der Waals surface area contributed by atoms with Crippen LogP contribution in [0.25, 0.3) is 10.4 Å². The van der Waals surface area contributed by atoms with Crippen LogP contribution in [0.4, 0.5) is 0 Å². The molecule has 2 aliphatic rings. The Hall–Kier alpha value is -3.27. The highest BCUT2D eigenvalue weighted by Gasteiger charge is 2.45. The lowest BCUT2D eigenvalue weighted by molar-refractivity contribution is -0.143. The third-order valence-corrected chi connectivity index (χ3v) is 8.63. The number of nitrogens with zero attached hydrogens (tertiary/aromatic N) is 3. The SMILES string of the molecule is Cc1ncsc1-c1ccc(CNC(=O)[C@@H]2C[C@@H](O)CN2C(=O)[C@H](C(C)C)N2Cc3ccc(Cl)cc3C2=O)cc1. The van der Waals surface area contributed by atoms with Crippen molar-refractivity contribution < 1.29 is 19.5 Å². The van der Waals surface area contributed by atoms with Crippen molar-refractivity contribution >= 4 is 40.7 Å². The third kappa shape index (κ3) is 5.44. The molecule has 0 bridgehead atoms. The van der Waals surface area contributed by atoms with Gasteiger partial charge in [0.1, 0.15) is 12.1 Å². The van der Waals surface area contributed by atoms with Crippen molar-refractivity contribution in [2.75, 3.05) is 6.54 Å². The Balaban J connectivity index is 1.28. The molecule has 3 atom stereocenters. The summed E-state index contributed by atoms with van der Waals surface area (Å²) in [4.78, 5) is 48.7. The number of aryl methyl sites for hydroxylation is 1. The zero-order valence-electron chi connectivity index (χ0n) is 22.1. The van der Waals surface area contributed by atoms with Gasteiger partial charge in [0.05, 0.1) is 22.2 Å². The van der Waals surface area contributed by atoms with Crippen LogP contribution in [-0.2, 0) is 22.7 Å². The first-order valence-electron chi connectivity index (χ1n) is 13.0. The fraction of sp³-hybridized carbons (Fsp3) is 0.379. The number of β-amino-alcohol motifs (C(OH)–C–C–N with tert-alkyl or cyclic N) is 1. The van der Waals surface area contributed by atoms with Gasteiger partial charge in [-0.1, -0.05) is 55.8 Å². The van der Waals surface area contributed by atoms with Gasteiger partial charge in [-0.2, -0.15) is 0 Å². The molecule has 5 rings (SSSR count). The number of rotatable bonds is 7. The molecule has 2 aromatic carbocycles. The first-order valence-corrected chi connectivity index (χ1v) is 14.2. The van der Waals surface area contributed by atoms with E-state index >= 15 is 0 Å². The van der Waals surface area contributed by atoms with E-state index in [1.54, 1.807) is 34.4 Å². The fourth-order valence-electron chi connectivity index (χ4n) is 5.43. The largest absolute Gasteiger partial charge is 0.391 e. The first kappa shape index (κ1) is 27.3. The van der Waals surface area contributed by atoms with Crippen LogP contribution in [0.3, 0.4) is 0 Å². The normalized spacial score (nSPS) is 19.5. The van der Waals surface area contributed by atoms with Crippen LogP contribution in [0.5, 0.6) is 0 Å². The number of halogens is 1. The molecule has 2 aliphatic heterocycles. The van der Waals surface area contributed by atoms with Gasteiger partial charge in [-0.15, -0.1) is 11.3 Å². The quantitative estimate of drug-likeness (QED) is 0.449. The number of hydrogen-bond acceptors (Lipinski definition) is 6. The number of carbonyl (C=O) groups is 3. The standard InChI is InChI=1S/C29H31ClN4O4S/c1-16(2)25(34-13-20-8-9-21(30)10-23(20)28(34)37)29(38)33-14-22(35)11-24(33)27(36)31-12-18-4-6-19(7-5-18)26-17(3)32-15-39-26/h4-10,15-16,22,24-25,35H,11-14H2,1-3H3,(H,31,36)/t22-,24+,25+/m1/s1. The lowest BCUT2D eigenvalue weighted by Gasteiger charge is -2.35. The van der Waals surface area contributed by atoms with Crippen LogP contribution in [0.2, 0.25) is 5.02 Å². The molecule has 10 heteroatoms. The molecule has 0 saturated carbocycles. The fourth-order valence-corrected chi connectivity index (χ4v) is 6.42. The second kappa shape index (κ2) is 11.1. The summed E-state index contributed by atoms with van der Waals surface area (Å²) < 4.78 is 0. The molecule has 3 aromatic rings. The predicted octanol–water partition coefficient (Wildman–Crippen LogP) is 4.03. The number of hydrogen-bond donors (Lipinski definition) is 2. The molecule has 8 nitrogen and oxygen atoms in total. The van der Waals surface area contributed by atoms with Crippen LogP contribution in [-0.4, -0.2) is 62.3 Å². The maximum atomic E-state index is 13.9. The molecule has 39 heavy (non-hydrogen) atoms. The number of aliphatic hydroxyl groups excluding tert-OH is 1. The molecular formula is C29H31ClN4O4S. The second-order valence-corrected chi connectivity index (χ2v) is 11.8. The van der Waals surface area contributed by atoms with Gasteiger partial charge in [-0.25, -0.2) is 4.98 Å². The molecule has 0 spiro atoms. The monoisotopic (exact) mass is 566 g/mol. The van der Waals surface area contributed by atoms with Crippen molar-refractivity contribution in [1.29, 1.82) is 0 Å². The second-order valence-electron chi connectivity index (χ2n) is 10.5. The Morgan fingerprint density at radius 3 is 2.62 bits per heavy atom. The number of thiazole rings is 1. The predicted molar refractivity (Wildman–Crippen MR) is 150 cm³/mol. The summed E-state index contributed by atoms with van der Waals surface area (Å²) in [6, 6.07) is 11.5. The maximum absolute atomic E-state index is 13.9. The van der Waals surface area contributed by atoms with E-state index in [4.69, 9.17) is 11.6 Å². The molecule has 1 fully saturated rings. The highest BCUT2D eigenvalue weighted by Crippen LogP contribution is 2.32. The van der Waals surface area contributed by atoms with E-state index in [1.807, 2.05) is 50.5 Å². The Morgan fingerprint density at radius 1 is 1.21 bits per heavy atom. The molecule has 3 heterocycles. The van der Waals surface area contributed by atoms with Gasteiger partial charge in [0.15, 0.2) is 0 Å². The van der Waals surface area contributed by atoms with Gasteiger partial charge in [0.2, 0.25) is 11.8 Å². The Labute approximate surface area is 236 Å². The molecule has 0 unspecified atom stereocenters. The first-order chi connectivity index (χ1) is 18.6. The Morgan fingerprint density at radius 2 is 1.95 bits per heavy atom. The zero-order valence-corrected chi connectivity index (χ0v) is 23.6. The van der Waals surface area contributed by atoms with Gasteiger partial charge < -0.3 is 20.2 Å². The van der Waals surface area contributed by atoms with Crippen LogP contribution >= 0.6 is 22.9 Å². The molecule has 0 aliphatic carbocycles. The van der Waals surface area contributed by atoms with E-state index in [0.29, 0.717) is 23.7 Å². The van der Waals surface area contributed by atoms with Crippen molar-refractivity contribution in [3.05, 3.63) is 75.4 Å². The number of fused-ring (bicyclic) bond motifs is 1. The summed E-state index contributed by atoms with van der Waals surface area (Å²) in [6.45, 7) is 6.37. The molecule has 2 N–H and O–H groups in total. The summed E-state index contributed by atoms with van der Waals surface area (Å²) in [5, 5.41) is 13.8. The lowest BCUT2D eigenvalue weighted by Crippen LogP contribution is -2.55. The molecule has 3 amide bonds. The number of carbonyl (C=O) groups excluding carboxylic acids is 3. The maximum Gasteiger partial charge on any atom is 0.255 e. The highest BCUT2D eigenvalue weighted by molar-refractivity contribution is 7.13. The summed E-state index contributed by atoms with van der Waals surface area (Å²) in [6.07, 6.45) is -0.666. The highest BCUT2D eigenvalue weighted by atomic mass is 35.5.